The quantitative estimate of drug-likeness (QED) is 0.871. The Morgan fingerprint density at radius 3 is 2.43 bits per heavy atom. The van der Waals surface area contributed by atoms with Gasteiger partial charge in [0, 0.05) is 18.3 Å². The molecule has 1 amide bonds. The van der Waals surface area contributed by atoms with E-state index in [4.69, 9.17) is 32.7 Å². The van der Waals surface area contributed by atoms with Gasteiger partial charge in [-0.2, -0.15) is 0 Å². The van der Waals surface area contributed by atoms with Gasteiger partial charge in [-0.15, -0.1) is 0 Å². The summed E-state index contributed by atoms with van der Waals surface area (Å²) in [4.78, 5) is 16.0. The molecule has 0 aliphatic heterocycles. The number of hydrogen-bond acceptors (Lipinski definition) is 4. The van der Waals surface area contributed by atoms with Crippen LogP contribution in [0.2, 0.25) is 10.2 Å². The summed E-state index contributed by atoms with van der Waals surface area (Å²) in [5, 5.41) is 3.42. The summed E-state index contributed by atoms with van der Waals surface area (Å²) < 4.78 is 10.3. The number of carbonyl (C=O) groups is 1. The van der Waals surface area contributed by atoms with Crippen LogP contribution in [-0.2, 0) is 0 Å². The molecule has 0 saturated heterocycles. The maximum Gasteiger partial charge on any atom is 0.257 e. The molecule has 0 spiro atoms. The Kier molecular flexibility index (Phi) is 4.88. The van der Waals surface area contributed by atoms with Crippen LogP contribution in [-0.4, -0.2) is 25.1 Å². The zero-order valence-corrected chi connectivity index (χ0v) is 12.8. The molecule has 0 unspecified atom stereocenters. The summed E-state index contributed by atoms with van der Waals surface area (Å²) in [5.41, 5.74) is 0.814. The second kappa shape index (κ2) is 6.65. The van der Waals surface area contributed by atoms with Crippen molar-refractivity contribution >= 4 is 34.8 Å². The highest BCUT2D eigenvalue weighted by Gasteiger charge is 2.14. The largest absolute Gasteiger partial charge is 0.495 e. The number of anilines is 1. The SMILES string of the molecule is COc1cc(NC(=O)c2ccc(Cl)nc2)c(OC)cc1Cl. The van der Waals surface area contributed by atoms with Gasteiger partial charge in [-0.3, -0.25) is 4.79 Å². The third-order valence-corrected chi connectivity index (χ3v) is 3.23. The van der Waals surface area contributed by atoms with Crippen LogP contribution in [0.3, 0.4) is 0 Å². The van der Waals surface area contributed by atoms with Crippen LogP contribution in [0.15, 0.2) is 30.5 Å². The van der Waals surface area contributed by atoms with E-state index in [1.54, 1.807) is 18.2 Å². The fourth-order valence-electron chi connectivity index (χ4n) is 1.66. The molecule has 0 aliphatic rings. The monoisotopic (exact) mass is 326 g/mol. The second-order valence-corrected chi connectivity index (χ2v) is 4.81. The molecule has 2 rings (SSSR count). The van der Waals surface area contributed by atoms with Crippen LogP contribution in [0.25, 0.3) is 0 Å². The highest BCUT2D eigenvalue weighted by molar-refractivity contribution is 6.32. The van der Waals surface area contributed by atoms with Crippen LogP contribution in [0.5, 0.6) is 11.5 Å². The van der Waals surface area contributed by atoms with Crippen LogP contribution < -0.4 is 14.8 Å². The number of benzene rings is 1. The van der Waals surface area contributed by atoms with Gasteiger partial charge < -0.3 is 14.8 Å². The topological polar surface area (TPSA) is 60.5 Å². The minimum atomic E-state index is -0.346. The standard InChI is InChI=1S/C14H12Cl2N2O3/c1-20-11-6-10(12(21-2)5-9(11)15)18-14(19)8-3-4-13(16)17-7-8/h3-7H,1-2H3,(H,18,19). The molecule has 7 heteroatoms. The van der Waals surface area contributed by atoms with E-state index >= 15 is 0 Å². The van der Waals surface area contributed by atoms with E-state index in [0.29, 0.717) is 32.9 Å². The third-order valence-electron chi connectivity index (χ3n) is 2.71. The molecular formula is C14H12Cl2N2O3. The maximum atomic E-state index is 12.2. The van der Waals surface area contributed by atoms with Crippen molar-refractivity contribution in [3.8, 4) is 11.5 Å². The fraction of sp³-hybridized carbons (Fsp3) is 0.143. The second-order valence-electron chi connectivity index (χ2n) is 4.01. The van der Waals surface area contributed by atoms with Gasteiger partial charge in [0.25, 0.3) is 5.91 Å². The molecule has 0 saturated carbocycles. The summed E-state index contributed by atoms with van der Waals surface area (Å²) in [6.07, 6.45) is 1.39. The summed E-state index contributed by atoms with van der Waals surface area (Å²) in [6, 6.07) is 6.26. The summed E-state index contributed by atoms with van der Waals surface area (Å²) in [7, 11) is 2.97. The van der Waals surface area contributed by atoms with Crippen molar-refractivity contribution < 1.29 is 14.3 Å². The molecule has 0 bridgehead atoms. The first-order valence-corrected chi connectivity index (χ1v) is 6.65. The fourth-order valence-corrected chi connectivity index (χ4v) is 2.01. The minimum Gasteiger partial charge on any atom is -0.495 e. The van der Waals surface area contributed by atoms with Gasteiger partial charge in [0.1, 0.15) is 16.7 Å². The van der Waals surface area contributed by atoms with Gasteiger partial charge in [-0.1, -0.05) is 23.2 Å². The Morgan fingerprint density at radius 2 is 1.86 bits per heavy atom. The van der Waals surface area contributed by atoms with E-state index in [-0.39, 0.29) is 5.91 Å². The van der Waals surface area contributed by atoms with Crippen LogP contribution in [0, 0.1) is 0 Å². The van der Waals surface area contributed by atoms with Gasteiger partial charge in [-0.25, -0.2) is 4.98 Å². The molecule has 0 fully saturated rings. The lowest BCUT2D eigenvalue weighted by Gasteiger charge is -2.13. The molecule has 0 radical (unpaired) electrons. The van der Waals surface area contributed by atoms with Crippen molar-refractivity contribution in [1.29, 1.82) is 0 Å². The molecule has 21 heavy (non-hydrogen) atoms. The number of nitrogens with zero attached hydrogens (tertiary/aromatic N) is 1. The number of hydrogen-bond donors (Lipinski definition) is 1. The Bertz CT molecular complexity index is 660. The Morgan fingerprint density at radius 1 is 1.14 bits per heavy atom. The van der Waals surface area contributed by atoms with Crippen molar-refractivity contribution in [2.45, 2.75) is 0 Å². The Labute approximate surface area is 131 Å². The zero-order valence-electron chi connectivity index (χ0n) is 11.3. The Balaban J connectivity index is 2.29. The summed E-state index contributed by atoms with van der Waals surface area (Å²) >= 11 is 11.7. The molecule has 0 atom stereocenters. The van der Waals surface area contributed by atoms with E-state index in [1.807, 2.05) is 0 Å². The molecule has 110 valence electrons. The highest BCUT2D eigenvalue weighted by Crippen LogP contribution is 2.36. The number of nitrogens with one attached hydrogen (secondary N) is 1. The van der Waals surface area contributed by atoms with E-state index in [9.17, 15) is 4.79 Å². The van der Waals surface area contributed by atoms with Gasteiger partial charge >= 0.3 is 0 Å². The smallest absolute Gasteiger partial charge is 0.257 e. The van der Waals surface area contributed by atoms with Gasteiger partial charge in [0.2, 0.25) is 0 Å². The molecular weight excluding hydrogens is 315 g/mol. The summed E-state index contributed by atoms with van der Waals surface area (Å²) in [5.74, 6) is 0.514. The number of ether oxygens (including phenoxy) is 2. The van der Waals surface area contributed by atoms with Crippen LogP contribution in [0.4, 0.5) is 5.69 Å². The molecule has 2 aromatic rings. The number of rotatable bonds is 4. The van der Waals surface area contributed by atoms with E-state index in [2.05, 4.69) is 10.3 Å². The average molecular weight is 327 g/mol. The number of aromatic nitrogens is 1. The lowest BCUT2D eigenvalue weighted by atomic mass is 10.2. The Hall–Kier alpha value is -1.98. The van der Waals surface area contributed by atoms with Crippen molar-refractivity contribution in [2.75, 3.05) is 19.5 Å². The third kappa shape index (κ3) is 3.56. The van der Waals surface area contributed by atoms with Gasteiger partial charge in [0.15, 0.2) is 0 Å². The van der Waals surface area contributed by atoms with Crippen LogP contribution in [0.1, 0.15) is 10.4 Å². The first kappa shape index (κ1) is 15.4. The molecule has 1 N–H and O–H groups in total. The minimum absolute atomic E-state index is 0.317. The van der Waals surface area contributed by atoms with Crippen molar-refractivity contribution in [3.63, 3.8) is 0 Å². The number of pyridine rings is 1. The van der Waals surface area contributed by atoms with Crippen molar-refractivity contribution in [1.82, 2.24) is 4.98 Å². The first-order chi connectivity index (χ1) is 10.0. The van der Waals surface area contributed by atoms with E-state index in [0.717, 1.165) is 0 Å². The lowest BCUT2D eigenvalue weighted by Crippen LogP contribution is -2.13. The highest BCUT2D eigenvalue weighted by atomic mass is 35.5. The average Bonchev–Trinajstić information content (AvgIpc) is 2.49. The van der Waals surface area contributed by atoms with Crippen molar-refractivity contribution in [3.05, 3.63) is 46.2 Å². The molecule has 5 nitrogen and oxygen atoms in total. The maximum absolute atomic E-state index is 12.2. The van der Waals surface area contributed by atoms with E-state index in [1.165, 1.54) is 26.5 Å². The number of carbonyl (C=O) groups excluding carboxylic acids is 1. The predicted octanol–water partition coefficient (Wildman–Crippen LogP) is 3.66. The van der Waals surface area contributed by atoms with Crippen molar-refractivity contribution in [2.24, 2.45) is 0 Å². The molecule has 0 aliphatic carbocycles. The normalized spacial score (nSPS) is 10.1. The molecule has 1 aromatic carbocycles. The van der Waals surface area contributed by atoms with Gasteiger partial charge in [0.05, 0.1) is 30.5 Å². The number of halogens is 2. The lowest BCUT2D eigenvalue weighted by molar-refractivity contribution is 0.102. The number of amides is 1. The molecule has 1 aromatic heterocycles. The van der Waals surface area contributed by atoms with Gasteiger partial charge in [-0.05, 0) is 12.1 Å². The first-order valence-electron chi connectivity index (χ1n) is 5.89. The number of methoxy groups -OCH3 is 2. The zero-order chi connectivity index (χ0) is 15.4. The van der Waals surface area contributed by atoms with E-state index < -0.39 is 0 Å². The predicted molar refractivity (Wildman–Crippen MR) is 81.8 cm³/mol. The summed E-state index contributed by atoms with van der Waals surface area (Å²) in [6.45, 7) is 0. The van der Waals surface area contributed by atoms with Crippen LogP contribution >= 0.6 is 23.2 Å². The molecule has 1 heterocycles.